The van der Waals surface area contributed by atoms with E-state index in [1.54, 1.807) is 18.2 Å². The molecule has 1 aromatic rings. The number of nitrogens with two attached hydrogens (primary N) is 1. The molecule has 0 spiro atoms. The van der Waals surface area contributed by atoms with Crippen LogP contribution in [0.3, 0.4) is 0 Å². The number of rotatable bonds is 3. The van der Waals surface area contributed by atoms with Crippen molar-refractivity contribution in [3.63, 3.8) is 0 Å². The number of benzene rings is 1. The van der Waals surface area contributed by atoms with E-state index >= 15 is 0 Å². The minimum atomic E-state index is -3.63. The summed E-state index contributed by atoms with van der Waals surface area (Å²) in [5.74, 6) is -0.0547. The summed E-state index contributed by atoms with van der Waals surface area (Å²) in [4.78, 5) is 0.245. The number of nitrogens with zero attached hydrogens (tertiary/aromatic N) is 2. The van der Waals surface area contributed by atoms with E-state index in [1.165, 1.54) is 4.31 Å². The van der Waals surface area contributed by atoms with Gasteiger partial charge in [0.15, 0.2) is 5.84 Å². The van der Waals surface area contributed by atoms with Gasteiger partial charge in [0.1, 0.15) is 0 Å². The summed E-state index contributed by atoms with van der Waals surface area (Å²) in [6.07, 6.45) is 2.21. The number of sulfonamides is 1. The molecule has 1 unspecified atom stereocenters. The van der Waals surface area contributed by atoms with Gasteiger partial charge in [0.2, 0.25) is 10.0 Å². The molecule has 7 heteroatoms. The van der Waals surface area contributed by atoms with Crippen molar-refractivity contribution >= 4 is 15.9 Å². The standard InChI is InChI=1S/C13H19N3O3S/c1-10-5-4-6-11(9-10)20(18,19)16-8-3-2-7-12(16)13(14)15-17/h4-6,9,12,17H,2-3,7-8H2,1H3,(H2,14,15). The van der Waals surface area contributed by atoms with E-state index in [2.05, 4.69) is 5.16 Å². The first-order valence-corrected chi connectivity index (χ1v) is 7.97. The Morgan fingerprint density at radius 2 is 2.20 bits per heavy atom. The quantitative estimate of drug-likeness (QED) is 0.380. The Balaban J connectivity index is 2.41. The van der Waals surface area contributed by atoms with E-state index in [-0.39, 0.29) is 10.7 Å². The van der Waals surface area contributed by atoms with Crippen LogP contribution in [0.15, 0.2) is 34.3 Å². The van der Waals surface area contributed by atoms with Crippen LogP contribution in [0.5, 0.6) is 0 Å². The summed E-state index contributed by atoms with van der Waals surface area (Å²) in [7, 11) is -3.63. The second kappa shape index (κ2) is 5.80. The van der Waals surface area contributed by atoms with E-state index in [9.17, 15) is 8.42 Å². The lowest BCUT2D eigenvalue weighted by Crippen LogP contribution is -2.50. The average Bonchev–Trinajstić information content (AvgIpc) is 2.46. The molecule has 6 nitrogen and oxygen atoms in total. The lowest BCUT2D eigenvalue weighted by Gasteiger charge is -2.33. The van der Waals surface area contributed by atoms with E-state index in [4.69, 9.17) is 10.9 Å². The molecule has 20 heavy (non-hydrogen) atoms. The smallest absolute Gasteiger partial charge is 0.243 e. The van der Waals surface area contributed by atoms with Crippen molar-refractivity contribution in [2.75, 3.05) is 6.54 Å². The molecule has 0 aliphatic carbocycles. The van der Waals surface area contributed by atoms with Crippen molar-refractivity contribution in [2.45, 2.75) is 37.1 Å². The predicted octanol–water partition coefficient (Wildman–Crippen LogP) is 1.28. The Morgan fingerprint density at radius 3 is 2.85 bits per heavy atom. The van der Waals surface area contributed by atoms with Crippen molar-refractivity contribution < 1.29 is 13.6 Å². The maximum Gasteiger partial charge on any atom is 0.243 e. The Bertz CT molecular complexity index is 613. The van der Waals surface area contributed by atoms with Crippen LogP contribution < -0.4 is 5.73 Å². The van der Waals surface area contributed by atoms with Gasteiger partial charge in [0.25, 0.3) is 0 Å². The van der Waals surface area contributed by atoms with Crippen molar-refractivity contribution in [3.8, 4) is 0 Å². The molecule has 0 aromatic heterocycles. The lowest BCUT2D eigenvalue weighted by atomic mass is 10.0. The van der Waals surface area contributed by atoms with Crippen LogP contribution >= 0.6 is 0 Å². The summed E-state index contributed by atoms with van der Waals surface area (Å²) in [5, 5.41) is 11.8. The normalized spacial score (nSPS) is 21.9. The fraction of sp³-hybridized carbons (Fsp3) is 0.462. The summed E-state index contributed by atoms with van der Waals surface area (Å²) in [6, 6.07) is 6.19. The third kappa shape index (κ3) is 2.78. The summed E-state index contributed by atoms with van der Waals surface area (Å²) in [5.41, 5.74) is 6.51. The number of oxime groups is 1. The Morgan fingerprint density at radius 1 is 1.45 bits per heavy atom. The molecular formula is C13H19N3O3S. The van der Waals surface area contributed by atoms with Crippen molar-refractivity contribution in [3.05, 3.63) is 29.8 Å². The highest BCUT2D eigenvalue weighted by Crippen LogP contribution is 2.25. The van der Waals surface area contributed by atoms with Crippen molar-refractivity contribution in [2.24, 2.45) is 10.9 Å². The van der Waals surface area contributed by atoms with Gasteiger partial charge in [-0.25, -0.2) is 8.42 Å². The van der Waals surface area contributed by atoms with Crippen LogP contribution in [0.1, 0.15) is 24.8 Å². The zero-order valence-corrected chi connectivity index (χ0v) is 12.2. The van der Waals surface area contributed by atoms with Crippen molar-refractivity contribution in [1.82, 2.24) is 4.31 Å². The number of amidine groups is 1. The number of hydrogen-bond acceptors (Lipinski definition) is 4. The number of hydrogen-bond donors (Lipinski definition) is 2. The zero-order valence-electron chi connectivity index (χ0n) is 11.4. The maximum absolute atomic E-state index is 12.7. The molecule has 110 valence electrons. The second-order valence-corrected chi connectivity index (χ2v) is 6.86. The van der Waals surface area contributed by atoms with E-state index in [0.717, 1.165) is 18.4 Å². The fourth-order valence-electron chi connectivity index (χ4n) is 2.47. The van der Waals surface area contributed by atoms with Crippen LogP contribution in [-0.2, 0) is 10.0 Å². The maximum atomic E-state index is 12.7. The van der Waals surface area contributed by atoms with Crippen LogP contribution in [0.25, 0.3) is 0 Å². The summed E-state index contributed by atoms with van der Waals surface area (Å²) in [6.45, 7) is 2.23. The van der Waals surface area contributed by atoms with Gasteiger partial charge < -0.3 is 10.9 Å². The van der Waals surface area contributed by atoms with Gasteiger partial charge in [0, 0.05) is 6.54 Å². The molecule has 1 heterocycles. The molecule has 1 aliphatic heterocycles. The number of piperidine rings is 1. The van der Waals surface area contributed by atoms with Crippen LogP contribution in [-0.4, -0.2) is 36.4 Å². The zero-order chi connectivity index (χ0) is 14.8. The molecule has 0 bridgehead atoms. The molecular weight excluding hydrogens is 278 g/mol. The van der Waals surface area contributed by atoms with E-state index < -0.39 is 16.1 Å². The molecule has 3 N–H and O–H groups in total. The van der Waals surface area contributed by atoms with Gasteiger partial charge in [-0.05, 0) is 37.5 Å². The van der Waals surface area contributed by atoms with Crippen molar-refractivity contribution in [1.29, 1.82) is 0 Å². The van der Waals surface area contributed by atoms with Gasteiger partial charge in [-0.15, -0.1) is 0 Å². The molecule has 1 atom stereocenters. The van der Waals surface area contributed by atoms with Gasteiger partial charge in [-0.2, -0.15) is 4.31 Å². The highest BCUT2D eigenvalue weighted by molar-refractivity contribution is 7.89. The Labute approximate surface area is 118 Å². The molecule has 0 radical (unpaired) electrons. The Hall–Kier alpha value is -1.60. The molecule has 1 aromatic carbocycles. The van der Waals surface area contributed by atoms with Crippen LogP contribution in [0.4, 0.5) is 0 Å². The first-order chi connectivity index (χ1) is 9.46. The molecule has 1 saturated heterocycles. The topological polar surface area (TPSA) is 96.0 Å². The molecule has 1 fully saturated rings. The van der Waals surface area contributed by atoms with Gasteiger partial charge in [-0.1, -0.05) is 23.7 Å². The molecule has 0 saturated carbocycles. The first kappa shape index (κ1) is 14.8. The summed E-state index contributed by atoms with van der Waals surface area (Å²) < 4.78 is 26.7. The minimum absolute atomic E-state index is 0.0547. The summed E-state index contributed by atoms with van der Waals surface area (Å²) >= 11 is 0. The van der Waals surface area contributed by atoms with Crippen LogP contribution in [0, 0.1) is 6.92 Å². The lowest BCUT2D eigenvalue weighted by molar-refractivity contribution is 0.281. The third-order valence-corrected chi connectivity index (χ3v) is 5.41. The van der Waals surface area contributed by atoms with Crippen LogP contribution in [0.2, 0.25) is 0 Å². The Kier molecular flexibility index (Phi) is 4.29. The van der Waals surface area contributed by atoms with Gasteiger partial charge in [-0.3, -0.25) is 0 Å². The highest BCUT2D eigenvalue weighted by Gasteiger charge is 2.35. The number of aryl methyl sites for hydroxylation is 1. The second-order valence-electron chi connectivity index (χ2n) is 4.97. The third-order valence-electron chi connectivity index (χ3n) is 3.51. The predicted molar refractivity (Wildman–Crippen MR) is 76.1 cm³/mol. The molecule has 0 amide bonds. The molecule has 2 rings (SSSR count). The van der Waals surface area contributed by atoms with Gasteiger partial charge >= 0.3 is 0 Å². The highest BCUT2D eigenvalue weighted by atomic mass is 32.2. The minimum Gasteiger partial charge on any atom is -0.409 e. The van der Waals surface area contributed by atoms with Gasteiger partial charge in [0.05, 0.1) is 10.9 Å². The SMILES string of the molecule is Cc1cccc(S(=O)(=O)N2CCCCC2C(N)=NO)c1. The largest absolute Gasteiger partial charge is 0.409 e. The van der Waals surface area contributed by atoms with E-state index in [1.807, 2.05) is 13.0 Å². The first-order valence-electron chi connectivity index (χ1n) is 6.53. The molecule has 1 aliphatic rings. The fourth-order valence-corrected chi connectivity index (χ4v) is 4.24. The van der Waals surface area contributed by atoms with E-state index in [0.29, 0.717) is 13.0 Å². The monoisotopic (exact) mass is 297 g/mol. The average molecular weight is 297 g/mol.